The maximum atomic E-state index is 11.9. The van der Waals surface area contributed by atoms with Gasteiger partial charge in [0, 0.05) is 0 Å². The molecule has 19 heavy (non-hydrogen) atoms. The quantitative estimate of drug-likeness (QED) is 0.477. The van der Waals surface area contributed by atoms with Crippen LogP contribution in [0.5, 0.6) is 0 Å². The summed E-state index contributed by atoms with van der Waals surface area (Å²) in [6.45, 7) is 2.11. The molecule has 0 aromatic rings. The van der Waals surface area contributed by atoms with Crippen LogP contribution in [0.25, 0.3) is 0 Å². The van der Waals surface area contributed by atoms with Gasteiger partial charge in [-0.15, -0.1) is 11.8 Å². The molecule has 0 aromatic heterocycles. The van der Waals surface area contributed by atoms with E-state index in [0.29, 0.717) is 10.8 Å². The number of fused-ring (bicyclic) bond motifs is 1. The molecule has 0 aliphatic carbocycles. The van der Waals surface area contributed by atoms with Gasteiger partial charge in [-0.2, -0.15) is 0 Å². The maximum Gasteiger partial charge on any atom is 0.354 e. The van der Waals surface area contributed by atoms with Gasteiger partial charge in [0.15, 0.2) is 5.70 Å². The van der Waals surface area contributed by atoms with Gasteiger partial charge in [-0.05, 0) is 25.6 Å². The SMILES string of the molecule is C[C@@H](O)[C@H]1C(=O)N2C(C(=O)O)=C(SCCCN)S[C@H]12. The number of β-lactam (4-membered cyclic amide) rings is 1. The number of hydrogen-bond donors (Lipinski definition) is 3. The van der Waals surface area contributed by atoms with Crippen molar-refractivity contribution in [2.45, 2.75) is 24.8 Å². The van der Waals surface area contributed by atoms with Gasteiger partial charge in [-0.3, -0.25) is 9.69 Å². The van der Waals surface area contributed by atoms with Crippen LogP contribution in [0.3, 0.4) is 0 Å². The lowest BCUT2D eigenvalue weighted by Crippen LogP contribution is -2.60. The summed E-state index contributed by atoms with van der Waals surface area (Å²) in [6.07, 6.45) is 0.0322. The molecule has 0 saturated carbocycles. The van der Waals surface area contributed by atoms with E-state index in [9.17, 15) is 19.8 Å². The van der Waals surface area contributed by atoms with Crippen LogP contribution in [0, 0.1) is 5.92 Å². The second kappa shape index (κ2) is 5.74. The van der Waals surface area contributed by atoms with E-state index in [0.717, 1.165) is 12.2 Å². The fourth-order valence-corrected chi connectivity index (χ4v) is 5.06. The molecule has 2 heterocycles. The summed E-state index contributed by atoms with van der Waals surface area (Å²) in [5.41, 5.74) is 5.46. The number of carbonyl (C=O) groups is 2. The van der Waals surface area contributed by atoms with Crippen molar-refractivity contribution >= 4 is 35.4 Å². The molecular weight excluding hydrogens is 288 g/mol. The molecule has 2 aliphatic rings. The molecule has 6 nitrogen and oxygen atoms in total. The predicted molar refractivity (Wildman–Crippen MR) is 74.2 cm³/mol. The Balaban J connectivity index is 2.14. The Hall–Kier alpha value is -0.700. The fraction of sp³-hybridized carbons (Fsp3) is 0.636. The van der Waals surface area contributed by atoms with Gasteiger partial charge in [0.05, 0.1) is 16.3 Å². The van der Waals surface area contributed by atoms with Gasteiger partial charge >= 0.3 is 5.97 Å². The Bertz CT molecular complexity index is 438. The molecular formula is C11H16N2O4S2. The van der Waals surface area contributed by atoms with E-state index in [1.807, 2.05) is 0 Å². The number of thioether (sulfide) groups is 2. The lowest BCUT2D eigenvalue weighted by atomic mass is 9.92. The zero-order chi connectivity index (χ0) is 14.2. The van der Waals surface area contributed by atoms with E-state index in [2.05, 4.69) is 0 Å². The number of nitrogens with two attached hydrogens (primary N) is 1. The number of carbonyl (C=O) groups excluding carboxylic acids is 1. The molecule has 0 radical (unpaired) electrons. The van der Waals surface area contributed by atoms with E-state index >= 15 is 0 Å². The molecule has 0 bridgehead atoms. The average molecular weight is 304 g/mol. The Morgan fingerprint density at radius 3 is 2.84 bits per heavy atom. The number of carboxylic acid groups (broad SMARTS) is 1. The lowest BCUT2D eigenvalue weighted by molar-refractivity contribution is -0.156. The first-order valence-corrected chi connectivity index (χ1v) is 7.83. The lowest BCUT2D eigenvalue weighted by Gasteiger charge is -2.43. The van der Waals surface area contributed by atoms with Gasteiger partial charge in [0.25, 0.3) is 0 Å². The number of aliphatic hydroxyl groups is 1. The zero-order valence-electron chi connectivity index (χ0n) is 10.4. The van der Waals surface area contributed by atoms with E-state index < -0.39 is 18.0 Å². The first-order chi connectivity index (χ1) is 8.99. The molecule has 2 aliphatic heterocycles. The van der Waals surface area contributed by atoms with Crippen LogP contribution in [0.15, 0.2) is 9.93 Å². The molecule has 106 valence electrons. The number of amides is 1. The maximum absolute atomic E-state index is 11.9. The van der Waals surface area contributed by atoms with Crippen molar-refractivity contribution in [1.82, 2.24) is 4.90 Å². The van der Waals surface area contributed by atoms with Crippen molar-refractivity contribution in [2.75, 3.05) is 12.3 Å². The van der Waals surface area contributed by atoms with Crippen molar-refractivity contribution < 1.29 is 19.8 Å². The number of aliphatic hydroxyl groups excluding tert-OH is 1. The van der Waals surface area contributed by atoms with E-state index in [1.165, 1.54) is 28.4 Å². The summed E-state index contributed by atoms with van der Waals surface area (Å²) in [5.74, 6) is -1.18. The average Bonchev–Trinajstić information content (AvgIpc) is 2.64. The van der Waals surface area contributed by atoms with E-state index in [-0.39, 0.29) is 17.0 Å². The fourth-order valence-electron chi connectivity index (χ4n) is 2.10. The van der Waals surface area contributed by atoms with Gasteiger partial charge in [0.1, 0.15) is 5.37 Å². The van der Waals surface area contributed by atoms with Crippen LogP contribution in [0.4, 0.5) is 0 Å². The highest BCUT2D eigenvalue weighted by atomic mass is 32.2. The smallest absolute Gasteiger partial charge is 0.354 e. The number of rotatable bonds is 6. The van der Waals surface area contributed by atoms with Gasteiger partial charge in [-0.25, -0.2) is 4.79 Å². The third kappa shape index (κ3) is 2.49. The standard InChI is InChI=1S/C11H16N2O4S2/c1-5(14)6-8(15)13-7(10(16)17)11(19-9(6)13)18-4-2-3-12/h5-6,9,14H,2-4,12H2,1H3,(H,16,17)/t5-,6+,9-/m1/s1. The van der Waals surface area contributed by atoms with Crippen LogP contribution >= 0.6 is 23.5 Å². The topological polar surface area (TPSA) is 104 Å². The van der Waals surface area contributed by atoms with Crippen LogP contribution in [0.1, 0.15) is 13.3 Å². The van der Waals surface area contributed by atoms with Crippen molar-refractivity contribution in [3.63, 3.8) is 0 Å². The molecule has 0 spiro atoms. The number of aliphatic carboxylic acids is 1. The summed E-state index contributed by atoms with van der Waals surface area (Å²) in [6, 6.07) is 0. The van der Waals surface area contributed by atoms with Crippen molar-refractivity contribution in [2.24, 2.45) is 11.7 Å². The highest BCUT2D eigenvalue weighted by Crippen LogP contribution is 2.53. The molecule has 8 heteroatoms. The Kier molecular flexibility index (Phi) is 4.44. The molecule has 1 amide bonds. The van der Waals surface area contributed by atoms with Crippen LogP contribution in [-0.2, 0) is 9.59 Å². The third-order valence-electron chi connectivity index (χ3n) is 3.05. The molecule has 3 atom stereocenters. The predicted octanol–water partition coefficient (Wildman–Crippen LogP) is 0.234. The molecule has 4 N–H and O–H groups in total. The second-order valence-electron chi connectivity index (χ2n) is 4.41. The molecule has 0 unspecified atom stereocenters. The summed E-state index contributed by atoms with van der Waals surface area (Å²) in [4.78, 5) is 24.5. The second-order valence-corrected chi connectivity index (χ2v) is 6.91. The van der Waals surface area contributed by atoms with Gasteiger partial charge in [-0.1, -0.05) is 11.8 Å². The van der Waals surface area contributed by atoms with Crippen LogP contribution in [-0.4, -0.2) is 50.8 Å². The van der Waals surface area contributed by atoms with E-state index in [1.54, 1.807) is 6.92 Å². The first kappa shape index (κ1) is 14.7. The van der Waals surface area contributed by atoms with Crippen molar-refractivity contribution in [1.29, 1.82) is 0 Å². The number of carboxylic acids is 1. The molecule has 0 aromatic carbocycles. The van der Waals surface area contributed by atoms with Crippen molar-refractivity contribution in [3.05, 3.63) is 9.93 Å². The summed E-state index contributed by atoms with van der Waals surface area (Å²) < 4.78 is 0.641. The zero-order valence-corrected chi connectivity index (χ0v) is 12.0. The van der Waals surface area contributed by atoms with Crippen molar-refractivity contribution in [3.8, 4) is 0 Å². The molecule has 1 fully saturated rings. The minimum absolute atomic E-state index is 0.0546. The Labute approximate surface area is 119 Å². The highest BCUT2D eigenvalue weighted by Gasteiger charge is 2.57. The molecule has 2 rings (SSSR count). The summed E-state index contributed by atoms with van der Waals surface area (Å²) >= 11 is 2.77. The summed E-state index contributed by atoms with van der Waals surface area (Å²) in [7, 11) is 0. The minimum atomic E-state index is -1.09. The normalized spacial score (nSPS) is 27.3. The van der Waals surface area contributed by atoms with Gasteiger partial charge in [0.2, 0.25) is 5.91 Å². The first-order valence-electron chi connectivity index (χ1n) is 5.97. The van der Waals surface area contributed by atoms with E-state index in [4.69, 9.17) is 5.73 Å². The van der Waals surface area contributed by atoms with Crippen LogP contribution < -0.4 is 5.73 Å². The highest BCUT2D eigenvalue weighted by molar-refractivity contribution is 8.22. The molecule has 1 saturated heterocycles. The monoisotopic (exact) mass is 304 g/mol. The minimum Gasteiger partial charge on any atom is -0.477 e. The number of hydrogen-bond acceptors (Lipinski definition) is 6. The van der Waals surface area contributed by atoms with Crippen LogP contribution in [0.2, 0.25) is 0 Å². The largest absolute Gasteiger partial charge is 0.477 e. The van der Waals surface area contributed by atoms with Gasteiger partial charge < -0.3 is 15.9 Å². The Morgan fingerprint density at radius 2 is 2.32 bits per heavy atom. The summed E-state index contributed by atoms with van der Waals surface area (Å²) in [5, 5.41) is 18.5. The Morgan fingerprint density at radius 1 is 1.63 bits per heavy atom. The number of nitrogens with zero attached hydrogens (tertiary/aromatic N) is 1. The third-order valence-corrected chi connectivity index (χ3v) is 5.79.